The molecule has 0 aromatic carbocycles. The molecule has 24 heavy (non-hydrogen) atoms. The van der Waals surface area contributed by atoms with Crippen LogP contribution in [0.5, 0.6) is 0 Å². The zero-order chi connectivity index (χ0) is 17.3. The van der Waals surface area contributed by atoms with Gasteiger partial charge < -0.3 is 20.3 Å². The maximum atomic E-state index is 11.8. The molecular weight excluding hydrogens is 318 g/mol. The molecule has 0 spiro atoms. The number of carbonyl (C=O) groups is 1. The number of ether oxygens (including phenoxy) is 2. The van der Waals surface area contributed by atoms with Crippen molar-refractivity contribution in [2.24, 2.45) is 0 Å². The molecule has 1 saturated heterocycles. The number of nitrogens with zero attached hydrogens (tertiary/aromatic N) is 3. The Balaban J connectivity index is 1.75. The molecule has 1 fully saturated rings. The van der Waals surface area contributed by atoms with Crippen LogP contribution in [0.3, 0.4) is 0 Å². The van der Waals surface area contributed by atoms with Crippen molar-refractivity contribution in [3.05, 3.63) is 16.7 Å². The second-order valence-electron chi connectivity index (χ2n) is 5.64. The maximum absolute atomic E-state index is 11.8. The Morgan fingerprint density at radius 2 is 2.42 bits per heavy atom. The molecule has 3 heterocycles. The number of nitrogens with two attached hydrogens (primary N) is 1. The van der Waals surface area contributed by atoms with Gasteiger partial charge in [-0.05, 0) is 6.42 Å². The van der Waals surface area contributed by atoms with Gasteiger partial charge in [0.15, 0.2) is 11.2 Å². The van der Waals surface area contributed by atoms with Crippen LogP contribution in [0.4, 0.5) is 5.95 Å². The number of nitrogen functional groups attached to an aromatic ring is 1. The van der Waals surface area contributed by atoms with Crippen molar-refractivity contribution in [3.63, 3.8) is 0 Å². The second-order valence-corrected chi connectivity index (χ2v) is 5.64. The third kappa shape index (κ3) is 3.10. The van der Waals surface area contributed by atoms with Gasteiger partial charge in [0.05, 0.1) is 12.4 Å². The highest BCUT2D eigenvalue weighted by molar-refractivity contribution is 5.70. The van der Waals surface area contributed by atoms with E-state index in [1.807, 2.05) is 6.92 Å². The third-order valence-corrected chi connectivity index (χ3v) is 3.83. The van der Waals surface area contributed by atoms with Gasteiger partial charge in [0.1, 0.15) is 18.9 Å². The van der Waals surface area contributed by atoms with Crippen molar-refractivity contribution >= 4 is 23.1 Å². The molecule has 2 aromatic heterocycles. The summed E-state index contributed by atoms with van der Waals surface area (Å²) in [5.74, 6) is -0.358. The maximum Gasteiger partial charge on any atom is 0.305 e. The quantitative estimate of drug-likeness (QED) is 0.630. The van der Waals surface area contributed by atoms with E-state index in [4.69, 9.17) is 15.2 Å². The standard InChI is InChI=1S/C14H19N5O5/c1-2-3-10(21)23-5-8-7(20)4-9(24-8)19-6-16-11-12(19)17-14(15)18-13(11)22/h6-9,20H,2-5H2,1H3,(H3,15,17,18,22)/t7-,8+,9+/m0/s1. The van der Waals surface area contributed by atoms with Crippen molar-refractivity contribution in [1.29, 1.82) is 0 Å². The Labute approximate surface area is 136 Å². The largest absolute Gasteiger partial charge is 0.463 e. The topological polar surface area (TPSA) is 145 Å². The number of imidazole rings is 1. The Hall–Kier alpha value is -2.46. The van der Waals surface area contributed by atoms with Crippen molar-refractivity contribution in [2.45, 2.75) is 44.6 Å². The summed E-state index contributed by atoms with van der Waals surface area (Å²) >= 11 is 0. The van der Waals surface area contributed by atoms with Gasteiger partial charge in [0, 0.05) is 12.8 Å². The molecule has 2 aromatic rings. The third-order valence-electron chi connectivity index (χ3n) is 3.83. The number of aliphatic hydroxyl groups is 1. The molecule has 0 aliphatic carbocycles. The molecule has 0 unspecified atom stereocenters. The second kappa shape index (κ2) is 6.57. The predicted molar refractivity (Wildman–Crippen MR) is 83.0 cm³/mol. The van der Waals surface area contributed by atoms with Gasteiger partial charge in [0.2, 0.25) is 5.95 Å². The van der Waals surface area contributed by atoms with Crippen LogP contribution in [0.1, 0.15) is 32.4 Å². The molecule has 3 rings (SSSR count). The first-order valence-corrected chi connectivity index (χ1v) is 7.71. The van der Waals surface area contributed by atoms with Gasteiger partial charge in [-0.25, -0.2) is 4.98 Å². The lowest BCUT2D eigenvalue weighted by Gasteiger charge is -2.15. The number of nitrogens with one attached hydrogen (secondary N) is 1. The number of aromatic amines is 1. The minimum atomic E-state index is -0.804. The summed E-state index contributed by atoms with van der Waals surface area (Å²) in [4.78, 5) is 33.7. The van der Waals surface area contributed by atoms with Crippen molar-refractivity contribution in [3.8, 4) is 0 Å². The lowest BCUT2D eigenvalue weighted by atomic mass is 10.2. The number of carbonyl (C=O) groups excluding carboxylic acids is 1. The number of aliphatic hydroxyl groups excluding tert-OH is 1. The van der Waals surface area contributed by atoms with Gasteiger partial charge in [-0.3, -0.25) is 19.1 Å². The van der Waals surface area contributed by atoms with E-state index in [0.717, 1.165) is 0 Å². The lowest BCUT2D eigenvalue weighted by Crippen LogP contribution is -2.27. The molecule has 0 amide bonds. The minimum Gasteiger partial charge on any atom is -0.463 e. The smallest absolute Gasteiger partial charge is 0.305 e. The van der Waals surface area contributed by atoms with Crippen LogP contribution in [0, 0.1) is 0 Å². The summed E-state index contributed by atoms with van der Waals surface area (Å²) in [6.45, 7) is 1.85. The summed E-state index contributed by atoms with van der Waals surface area (Å²) in [7, 11) is 0. The minimum absolute atomic E-state index is 0.0285. The van der Waals surface area contributed by atoms with Crippen molar-refractivity contribution in [2.75, 3.05) is 12.3 Å². The van der Waals surface area contributed by atoms with E-state index < -0.39 is 24.0 Å². The molecule has 10 nitrogen and oxygen atoms in total. The Morgan fingerprint density at radius 1 is 1.62 bits per heavy atom. The average molecular weight is 337 g/mol. The summed E-state index contributed by atoms with van der Waals surface area (Å²) in [5, 5.41) is 10.1. The monoisotopic (exact) mass is 337 g/mol. The summed E-state index contributed by atoms with van der Waals surface area (Å²) in [6.07, 6.45) is 0.663. The number of H-pyrrole nitrogens is 1. The van der Waals surface area contributed by atoms with E-state index >= 15 is 0 Å². The van der Waals surface area contributed by atoms with Crippen LogP contribution in [0.15, 0.2) is 11.1 Å². The highest BCUT2D eigenvalue weighted by Crippen LogP contribution is 2.30. The van der Waals surface area contributed by atoms with Gasteiger partial charge >= 0.3 is 5.97 Å². The Kier molecular flexibility index (Phi) is 4.49. The van der Waals surface area contributed by atoms with E-state index in [2.05, 4.69) is 15.0 Å². The van der Waals surface area contributed by atoms with Crippen LogP contribution in [0.2, 0.25) is 0 Å². The average Bonchev–Trinajstić information content (AvgIpc) is 3.09. The van der Waals surface area contributed by atoms with Crippen LogP contribution < -0.4 is 11.3 Å². The summed E-state index contributed by atoms with van der Waals surface area (Å²) < 4.78 is 12.4. The molecule has 0 radical (unpaired) electrons. The lowest BCUT2D eigenvalue weighted by molar-refractivity contribution is -0.150. The molecule has 3 atom stereocenters. The normalized spacial score (nSPS) is 23.7. The van der Waals surface area contributed by atoms with Crippen LogP contribution in [0.25, 0.3) is 11.2 Å². The first kappa shape index (κ1) is 16.4. The fourth-order valence-corrected chi connectivity index (χ4v) is 2.64. The molecule has 1 aliphatic heterocycles. The predicted octanol–water partition coefficient (Wildman–Crippen LogP) is -0.306. The zero-order valence-electron chi connectivity index (χ0n) is 13.1. The molecule has 130 valence electrons. The molecule has 0 bridgehead atoms. The number of fused-ring (bicyclic) bond motifs is 1. The van der Waals surface area contributed by atoms with Gasteiger partial charge in [-0.2, -0.15) is 4.98 Å². The van der Waals surface area contributed by atoms with Crippen molar-refractivity contribution in [1.82, 2.24) is 19.5 Å². The van der Waals surface area contributed by atoms with Crippen LogP contribution in [-0.4, -0.2) is 49.4 Å². The zero-order valence-corrected chi connectivity index (χ0v) is 13.1. The molecular formula is C14H19N5O5. The van der Waals surface area contributed by atoms with Gasteiger partial charge in [-0.1, -0.05) is 6.92 Å². The summed E-state index contributed by atoms with van der Waals surface area (Å²) in [5.41, 5.74) is 5.53. The summed E-state index contributed by atoms with van der Waals surface area (Å²) in [6, 6.07) is 0. The number of esters is 1. The fraction of sp³-hybridized carbons (Fsp3) is 0.571. The number of aromatic nitrogens is 4. The number of hydrogen-bond acceptors (Lipinski definition) is 8. The molecule has 0 saturated carbocycles. The fourth-order valence-electron chi connectivity index (χ4n) is 2.64. The van der Waals surface area contributed by atoms with Crippen LogP contribution in [-0.2, 0) is 14.3 Å². The Bertz CT molecular complexity index is 800. The first-order chi connectivity index (χ1) is 11.5. The number of hydrogen-bond donors (Lipinski definition) is 3. The SMILES string of the molecule is CCCC(=O)OC[C@H]1O[C@@H](n2cnc3c(=O)[nH]c(N)nc32)C[C@@H]1O. The Morgan fingerprint density at radius 3 is 3.17 bits per heavy atom. The first-order valence-electron chi connectivity index (χ1n) is 7.71. The van der Waals surface area contributed by atoms with Crippen molar-refractivity contribution < 1.29 is 19.4 Å². The van der Waals surface area contributed by atoms with E-state index in [0.29, 0.717) is 12.8 Å². The van der Waals surface area contributed by atoms with Gasteiger partial charge in [-0.15, -0.1) is 0 Å². The molecule has 4 N–H and O–H groups in total. The highest BCUT2D eigenvalue weighted by atomic mass is 16.6. The molecule has 1 aliphatic rings. The van der Waals surface area contributed by atoms with E-state index in [9.17, 15) is 14.7 Å². The number of rotatable bonds is 5. The van der Waals surface area contributed by atoms with E-state index in [-0.39, 0.29) is 36.1 Å². The molecule has 10 heteroatoms. The highest BCUT2D eigenvalue weighted by Gasteiger charge is 2.36. The van der Waals surface area contributed by atoms with E-state index in [1.54, 1.807) is 0 Å². The van der Waals surface area contributed by atoms with Gasteiger partial charge in [0.25, 0.3) is 5.56 Å². The van der Waals surface area contributed by atoms with Crippen LogP contribution >= 0.6 is 0 Å². The number of anilines is 1. The van der Waals surface area contributed by atoms with E-state index in [1.165, 1.54) is 10.9 Å².